The van der Waals surface area contributed by atoms with E-state index in [0.29, 0.717) is 6.54 Å². The molecule has 1 fully saturated rings. The van der Waals surface area contributed by atoms with E-state index in [-0.39, 0.29) is 12.0 Å². The Morgan fingerprint density at radius 1 is 1.62 bits per heavy atom. The second kappa shape index (κ2) is 4.82. The summed E-state index contributed by atoms with van der Waals surface area (Å²) < 4.78 is 0. The van der Waals surface area contributed by atoms with Crippen LogP contribution in [0.5, 0.6) is 0 Å². The van der Waals surface area contributed by atoms with Crippen LogP contribution in [0.25, 0.3) is 0 Å². The van der Waals surface area contributed by atoms with Gasteiger partial charge in [-0.05, 0) is 25.7 Å². The summed E-state index contributed by atoms with van der Waals surface area (Å²) in [5.41, 5.74) is 6.81. The van der Waals surface area contributed by atoms with Gasteiger partial charge in [-0.15, -0.1) is 11.3 Å². The molecule has 90 valence electrons. The number of aryl methyl sites for hydroxylation is 1. The van der Waals surface area contributed by atoms with E-state index in [1.807, 2.05) is 6.92 Å². The predicted octanol–water partition coefficient (Wildman–Crippen LogP) is 1.73. The largest absolute Gasteiger partial charge is 0.396 e. The molecule has 2 rings (SSSR count). The summed E-state index contributed by atoms with van der Waals surface area (Å²) in [4.78, 5) is 4.47. The van der Waals surface area contributed by atoms with E-state index in [1.54, 1.807) is 11.3 Å². The average Bonchev–Trinajstić information content (AvgIpc) is 3.00. The third-order valence-electron chi connectivity index (χ3n) is 3.41. The maximum Gasteiger partial charge on any atom is 0.0897 e. The van der Waals surface area contributed by atoms with Crippen molar-refractivity contribution < 1.29 is 5.11 Å². The lowest BCUT2D eigenvalue weighted by Gasteiger charge is -2.29. The van der Waals surface area contributed by atoms with Gasteiger partial charge in [0, 0.05) is 17.3 Å². The van der Waals surface area contributed by atoms with E-state index in [1.165, 1.54) is 12.8 Å². The van der Waals surface area contributed by atoms with Crippen molar-refractivity contribution in [2.45, 2.75) is 32.6 Å². The summed E-state index contributed by atoms with van der Waals surface area (Å²) in [6.45, 7) is 2.74. The molecule has 16 heavy (non-hydrogen) atoms. The SMILES string of the molecule is Cc1nc(CC(CN)(CO)CC2CC2)cs1. The van der Waals surface area contributed by atoms with Gasteiger partial charge in [-0.1, -0.05) is 12.8 Å². The lowest BCUT2D eigenvalue weighted by atomic mass is 9.79. The van der Waals surface area contributed by atoms with E-state index >= 15 is 0 Å². The van der Waals surface area contributed by atoms with Gasteiger partial charge < -0.3 is 10.8 Å². The fraction of sp³-hybridized carbons (Fsp3) is 0.750. The lowest BCUT2D eigenvalue weighted by Crippen LogP contribution is -2.37. The number of nitrogens with zero attached hydrogens (tertiary/aromatic N) is 1. The minimum absolute atomic E-state index is 0.137. The van der Waals surface area contributed by atoms with Crippen molar-refractivity contribution >= 4 is 11.3 Å². The molecule has 3 N–H and O–H groups in total. The predicted molar refractivity (Wildman–Crippen MR) is 66.5 cm³/mol. The molecule has 0 aliphatic heterocycles. The summed E-state index contributed by atoms with van der Waals surface area (Å²) in [7, 11) is 0. The van der Waals surface area contributed by atoms with Gasteiger partial charge in [0.2, 0.25) is 0 Å². The van der Waals surface area contributed by atoms with E-state index in [0.717, 1.165) is 29.5 Å². The molecule has 1 atom stereocenters. The van der Waals surface area contributed by atoms with Crippen molar-refractivity contribution in [1.29, 1.82) is 0 Å². The molecule has 0 radical (unpaired) electrons. The third kappa shape index (κ3) is 2.81. The number of thiazole rings is 1. The van der Waals surface area contributed by atoms with E-state index in [9.17, 15) is 5.11 Å². The molecule has 1 aromatic rings. The normalized spacial score (nSPS) is 19.7. The Bertz CT molecular complexity index is 343. The standard InChI is InChI=1S/C12H20N2OS/c1-9-14-11(6-16-9)5-12(7-13,8-15)4-10-2-3-10/h6,10,15H,2-5,7-8,13H2,1H3. The molecule has 1 saturated carbocycles. The molecule has 1 heterocycles. The zero-order chi connectivity index (χ0) is 11.6. The Balaban J connectivity index is 2.05. The van der Waals surface area contributed by atoms with Crippen molar-refractivity contribution in [3.63, 3.8) is 0 Å². The van der Waals surface area contributed by atoms with Crippen molar-refractivity contribution in [2.24, 2.45) is 17.1 Å². The Labute approximate surface area is 101 Å². The molecule has 0 spiro atoms. The Morgan fingerprint density at radius 2 is 2.38 bits per heavy atom. The molecule has 0 aromatic carbocycles. The lowest BCUT2D eigenvalue weighted by molar-refractivity contribution is 0.115. The van der Waals surface area contributed by atoms with Gasteiger partial charge in [0.25, 0.3) is 0 Å². The Kier molecular flexibility index (Phi) is 3.62. The van der Waals surface area contributed by atoms with E-state index < -0.39 is 0 Å². The van der Waals surface area contributed by atoms with Crippen LogP contribution in [-0.2, 0) is 6.42 Å². The van der Waals surface area contributed by atoms with Crippen LogP contribution < -0.4 is 5.73 Å². The fourth-order valence-electron chi connectivity index (χ4n) is 2.22. The molecule has 3 nitrogen and oxygen atoms in total. The second-order valence-electron chi connectivity index (χ2n) is 5.04. The molecule has 0 amide bonds. The number of hydrogen-bond donors (Lipinski definition) is 2. The summed E-state index contributed by atoms with van der Waals surface area (Å²) in [5, 5.41) is 12.8. The third-order valence-corrected chi connectivity index (χ3v) is 4.23. The van der Waals surface area contributed by atoms with E-state index in [4.69, 9.17) is 5.73 Å². The van der Waals surface area contributed by atoms with Crippen LogP contribution in [0.4, 0.5) is 0 Å². The zero-order valence-corrected chi connectivity index (χ0v) is 10.6. The number of nitrogens with two attached hydrogens (primary N) is 1. The highest BCUT2D eigenvalue weighted by atomic mass is 32.1. The Hall–Kier alpha value is -0.450. The second-order valence-corrected chi connectivity index (χ2v) is 6.11. The smallest absolute Gasteiger partial charge is 0.0897 e. The molecule has 0 bridgehead atoms. The number of aliphatic hydroxyl groups excluding tert-OH is 1. The molecular formula is C12H20N2OS. The number of hydrogen-bond acceptors (Lipinski definition) is 4. The first-order valence-corrected chi connectivity index (χ1v) is 6.77. The number of rotatable bonds is 6. The first kappa shape index (κ1) is 12.0. The minimum Gasteiger partial charge on any atom is -0.396 e. The van der Waals surface area contributed by atoms with Crippen LogP contribution in [0, 0.1) is 18.3 Å². The summed E-state index contributed by atoms with van der Waals surface area (Å²) in [6, 6.07) is 0. The van der Waals surface area contributed by atoms with Crippen molar-refractivity contribution in [1.82, 2.24) is 4.98 Å². The molecule has 4 heteroatoms. The highest BCUT2D eigenvalue weighted by Crippen LogP contribution is 2.41. The topological polar surface area (TPSA) is 59.1 Å². The first-order chi connectivity index (χ1) is 7.67. The van der Waals surface area contributed by atoms with Gasteiger partial charge >= 0.3 is 0 Å². The maximum atomic E-state index is 9.62. The van der Waals surface area contributed by atoms with Crippen LogP contribution in [0.3, 0.4) is 0 Å². The first-order valence-electron chi connectivity index (χ1n) is 5.89. The summed E-state index contributed by atoms with van der Waals surface area (Å²) in [5.74, 6) is 0.787. The van der Waals surface area contributed by atoms with Gasteiger partial charge in [0.1, 0.15) is 0 Å². The summed E-state index contributed by atoms with van der Waals surface area (Å²) >= 11 is 1.67. The monoisotopic (exact) mass is 240 g/mol. The average molecular weight is 240 g/mol. The molecule has 1 aliphatic carbocycles. The van der Waals surface area contributed by atoms with Gasteiger partial charge in [0.15, 0.2) is 0 Å². The molecular weight excluding hydrogens is 220 g/mol. The van der Waals surface area contributed by atoms with E-state index in [2.05, 4.69) is 10.4 Å². The van der Waals surface area contributed by atoms with Crippen LogP contribution in [0.2, 0.25) is 0 Å². The van der Waals surface area contributed by atoms with Crippen LogP contribution in [-0.4, -0.2) is 23.2 Å². The van der Waals surface area contributed by atoms with Crippen molar-refractivity contribution in [3.8, 4) is 0 Å². The number of aromatic nitrogens is 1. The number of aliphatic hydroxyl groups is 1. The zero-order valence-electron chi connectivity index (χ0n) is 9.78. The van der Waals surface area contributed by atoms with Gasteiger partial charge in [0.05, 0.1) is 17.3 Å². The quantitative estimate of drug-likeness (QED) is 0.796. The van der Waals surface area contributed by atoms with Crippen LogP contribution >= 0.6 is 11.3 Å². The van der Waals surface area contributed by atoms with Gasteiger partial charge in [-0.3, -0.25) is 0 Å². The van der Waals surface area contributed by atoms with Crippen molar-refractivity contribution in [3.05, 3.63) is 16.1 Å². The highest BCUT2D eigenvalue weighted by Gasteiger charge is 2.36. The van der Waals surface area contributed by atoms with Gasteiger partial charge in [-0.2, -0.15) is 0 Å². The highest BCUT2D eigenvalue weighted by molar-refractivity contribution is 7.09. The van der Waals surface area contributed by atoms with Crippen LogP contribution in [0.15, 0.2) is 5.38 Å². The Morgan fingerprint density at radius 3 is 2.81 bits per heavy atom. The maximum absolute atomic E-state index is 9.62. The van der Waals surface area contributed by atoms with Crippen LogP contribution in [0.1, 0.15) is 30.0 Å². The molecule has 1 aliphatic rings. The summed E-state index contributed by atoms with van der Waals surface area (Å²) in [6.07, 6.45) is 4.48. The molecule has 0 saturated heterocycles. The van der Waals surface area contributed by atoms with Crippen molar-refractivity contribution in [2.75, 3.05) is 13.2 Å². The minimum atomic E-state index is -0.137. The molecule has 1 unspecified atom stereocenters. The fourth-order valence-corrected chi connectivity index (χ4v) is 2.83. The van der Waals surface area contributed by atoms with Gasteiger partial charge in [-0.25, -0.2) is 4.98 Å². The molecule has 1 aromatic heterocycles.